The number of sulfonamides is 1. The predicted molar refractivity (Wildman–Crippen MR) is 101 cm³/mol. The number of nitrogens with one attached hydrogen (secondary N) is 1. The first kappa shape index (κ1) is 18.9. The molecule has 1 heterocycles. The van der Waals surface area contributed by atoms with Crippen LogP contribution < -0.4 is 14.2 Å². The molecule has 1 N–H and O–H groups in total. The lowest BCUT2D eigenvalue weighted by atomic mass is 10.1. The average Bonchev–Trinajstić information content (AvgIpc) is 3.12. The molecular formula is C19H21N3O4S. The third-order valence-corrected chi connectivity index (χ3v) is 5.66. The van der Waals surface area contributed by atoms with Gasteiger partial charge in [0.2, 0.25) is 10.0 Å². The second-order valence-electron chi connectivity index (χ2n) is 5.87. The maximum absolute atomic E-state index is 13.1. The molecule has 0 saturated carbocycles. The Balaban J connectivity index is 2.04. The number of imidazole rings is 1. The second-order valence-corrected chi connectivity index (χ2v) is 7.56. The van der Waals surface area contributed by atoms with Crippen LogP contribution in [0.5, 0.6) is 11.5 Å². The summed E-state index contributed by atoms with van der Waals surface area (Å²) in [6, 6.07) is 13.0. The maximum Gasteiger partial charge on any atom is 0.245 e. The van der Waals surface area contributed by atoms with Crippen molar-refractivity contribution in [2.45, 2.75) is 10.9 Å². The highest BCUT2D eigenvalue weighted by atomic mass is 32.2. The van der Waals surface area contributed by atoms with E-state index in [4.69, 9.17) is 9.47 Å². The van der Waals surface area contributed by atoms with Crippen molar-refractivity contribution in [2.24, 2.45) is 7.05 Å². The van der Waals surface area contributed by atoms with E-state index < -0.39 is 16.1 Å². The standard InChI is InChI=1S/C19H21N3O4S/c1-22-13-12-20-19(22)18(14-8-10-15(25-2)11-9-14)21-27(23,24)17-7-5-4-6-16(17)26-3/h4-13,18,21H,1-3H3. The number of hydrogen-bond donors (Lipinski definition) is 1. The Morgan fingerprint density at radius 2 is 1.74 bits per heavy atom. The average molecular weight is 387 g/mol. The van der Waals surface area contributed by atoms with E-state index >= 15 is 0 Å². The summed E-state index contributed by atoms with van der Waals surface area (Å²) in [5, 5.41) is 0. The van der Waals surface area contributed by atoms with Gasteiger partial charge < -0.3 is 14.0 Å². The molecule has 0 aliphatic heterocycles. The van der Waals surface area contributed by atoms with Gasteiger partial charge in [-0.2, -0.15) is 4.72 Å². The first-order chi connectivity index (χ1) is 13.0. The van der Waals surface area contributed by atoms with Crippen LogP contribution in [0.1, 0.15) is 17.4 Å². The molecule has 1 aromatic heterocycles. The van der Waals surface area contributed by atoms with Gasteiger partial charge in [-0.15, -0.1) is 0 Å². The Labute approximate surface area is 158 Å². The van der Waals surface area contributed by atoms with Gasteiger partial charge in [-0.3, -0.25) is 0 Å². The van der Waals surface area contributed by atoms with Crippen LogP contribution in [-0.2, 0) is 17.1 Å². The fraction of sp³-hybridized carbons (Fsp3) is 0.211. The fourth-order valence-corrected chi connectivity index (χ4v) is 4.13. The van der Waals surface area contributed by atoms with Gasteiger partial charge in [0.1, 0.15) is 28.3 Å². The smallest absolute Gasteiger partial charge is 0.245 e. The lowest BCUT2D eigenvalue weighted by Crippen LogP contribution is -2.31. The summed E-state index contributed by atoms with van der Waals surface area (Å²) in [7, 11) is 0.965. The van der Waals surface area contributed by atoms with Crippen molar-refractivity contribution in [2.75, 3.05) is 14.2 Å². The van der Waals surface area contributed by atoms with Crippen molar-refractivity contribution in [1.82, 2.24) is 14.3 Å². The van der Waals surface area contributed by atoms with Gasteiger partial charge in [0.15, 0.2) is 0 Å². The molecule has 0 fully saturated rings. The van der Waals surface area contributed by atoms with Crippen molar-refractivity contribution in [3.8, 4) is 11.5 Å². The largest absolute Gasteiger partial charge is 0.497 e. The highest BCUT2D eigenvalue weighted by Gasteiger charge is 2.27. The number of hydrogen-bond acceptors (Lipinski definition) is 5. The van der Waals surface area contributed by atoms with Crippen molar-refractivity contribution in [3.05, 3.63) is 72.3 Å². The Hall–Kier alpha value is -2.84. The molecule has 0 saturated heterocycles. The molecule has 0 spiro atoms. The molecule has 0 amide bonds. The van der Waals surface area contributed by atoms with Crippen molar-refractivity contribution >= 4 is 10.0 Å². The van der Waals surface area contributed by atoms with E-state index in [9.17, 15) is 8.42 Å². The zero-order valence-electron chi connectivity index (χ0n) is 15.3. The molecular weight excluding hydrogens is 366 g/mol. The van der Waals surface area contributed by atoms with Crippen LogP contribution in [0.2, 0.25) is 0 Å². The second kappa shape index (κ2) is 7.81. The minimum Gasteiger partial charge on any atom is -0.497 e. The molecule has 0 bridgehead atoms. The first-order valence-corrected chi connectivity index (χ1v) is 9.71. The molecule has 27 heavy (non-hydrogen) atoms. The van der Waals surface area contributed by atoms with Gasteiger partial charge in [0.05, 0.1) is 14.2 Å². The number of ether oxygens (including phenoxy) is 2. The third kappa shape index (κ3) is 3.96. The van der Waals surface area contributed by atoms with E-state index in [1.807, 2.05) is 19.2 Å². The molecule has 0 aliphatic rings. The van der Waals surface area contributed by atoms with Crippen LogP contribution in [0, 0.1) is 0 Å². The van der Waals surface area contributed by atoms with Gasteiger partial charge in [-0.05, 0) is 29.8 Å². The van der Waals surface area contributed by atoms with Crippen LogP contribution in [-0.4, -0.2) is 32.2 Å². The Bertz CT molecular complexity index is 1010. The summed E-state index contributed by atoms with van der Waals surface area (Å²) in [6.45, 7) is 0. The highest BCUT2D eigenvalue weighted by Crippen LogP contribution is 2.28. The number of para-hydroxylation sites is 1. The predicted octanol–water partition coefficient (Wildman–Crippen LogP) is 2.51. The molecule has 142 valence electrons. The number of rotatable bonds is 7. The molecule has 7 nitrogen and oxygen atoms in total. The molecule has 3 rings (SSSR count). The molecule has 1 atom stereocenters. The fourth-order valence-electron chi connectivity index (χ4n) is 2.78. The normalized spacial score (nSPS) is 12.6. The van der Waals surface area contributed by atoms with Gasteiger partial charge in [0, 0.05) is 19.4 Å². The number of nitrogens with zero attached hydrogens (tertiary/aromatic N) is 2. The summed E-state index contributed by atoms with van der Waals surface area (Å²) < 4.78 is 41.1. The summed E-state index contributed by atoms with van der Waals surface area (Å²) in [5.41, 5.74) is 0.739. The quantitative estimate of drug-likeness (QED) is 0.674. The van der Waals surface area contributed by atoms with E-state index in [0.29, 0.717) is 11.6 Å². The van der Waals surface area contributed by atoms with Crippen LogP contribution in [0.25, 0.3) is 0 Å². The molecule has 1 unspecified atom stereocenters. The Morgan fingerprint density at radius 1 is 1.04 bits per heavy atom. The molecule has 2 aromatic carbocycles. The zero-order valence-corrected chi connectivity index (χ0v) is 16.1. The monoisotopic (exact) mass is 387 g/mol. The van der Waals surface area contributed by atoms with Gasteiger partial charge in [-0.25, -0.2) is 13.4 Å². The minimum atomic E-state index is -3.87. The molecule has 0 aliphatic carbocycles. The van der Waals surface area contributed by atoms with Crippen molar-refractivity contribution in [1.29, 1.82) is 0 Å². The van der Waals surface area contributed by atoms with E-state index in [1.54, 1.807) is 54.4 Å². The summed E-state index contributed by atoms with van der Waals surface area (Å²) in [6.07, 6.45) is 3.40. The zero-order chi connectivity index (χ0) is 19.4. The van der Waals surface area contributed by atoms with Gasteiger partial charge in [-0.1, -0.05) is 24.3 Å². The number of benzene rings is 2. The minimum absolute atomic E-state index is 0.0696. The Morgan fingerprint density at radius 3 is 2.33 bits per heavy atom. The van der Waals surface area contributed by atoms with E-state index in [-0.39, 0.29) is 10.6 Å². The summed E-state index contributed by atoms with van der Waals surface area (Å²) in [5.74, 6) is 1.53. The number of aromatic nitrogens is 2. The summed E-state index contributed by atoms with van der Waals surface area (Å²) in [4.78, 5) is 4.40. The summed E-state index contributed by atoms with van der Waals surface area (Å²) >= 11 is 0. The first-order valence-electron chi connectivity index (χ1n) is 8.23. The van der Waals surface area contributed by atoms with Crippen LogP contribution in [0.15, 0.2) is 65.8 Å². The van der Waals surface area contributed by atoms with Crippen LogP contribution in [0.4, 0.5) is 0 Å². The van der Waals surface area contributed by atoms with E-state index in [0.717, 1.165) is 5.56 Å². The van der Waals surface area contributed by atoms with Crippen LogP contribution >= 0.6 is 0 Å². The molecule has 0 radical (unpaired) electrons. The Kier molecular flexibility index (Phi) is 5.48. The topological polar surface area (TPSA) is 82.4 Å². The number of aryl methyl sites for hydroxylation is 1. The number of methoxy groups -OCH3 is 2. The maximum atomic E-state index is 13.1. The van der Waals surface area contributed by atoms with Gasteiger partial charge >= 0.3 is 0 Å². The third-order valence-electron chi connectivity index (χ3n) is 4.20. The SMILES string of the molecule is COc1ccc(C(NS(=O)(=O)c2ccccc2OC)c2nccn2C)cc1. The lowest BCUT2D eigenvalue weighted by molar-refractivity contribution is 0.402. The van der Waals surface area contributed by atoms with Crippen molar-refractivity contribution in [3.63, 3.8) is 0 Å². The van der Waals surface area contributed by atoms with Crippen molar-refractivity contribution < 1.29 is 17.9 Å². The molecule has 8 heteroatoms. The van der Waals surface area contributed by atoms with Crippen LogP contribution in [0.3, 0.4) is 0 Å². The highest BCUT2D eigenvalue weighted by molar-refractivity contribution is 7.89. The van der Waals surface area contributed by atoms with E-state index in [2.05, 4.69) is 9.71 Å². The van der Waals surface area contributed by atoms with E-state index in [1.165, 1.54) is 13.2 Å². The molecule has 3 aromatic rings. The lowest BCUT2D eigenvalue weighted by Gasteiger charge is -2.20. The van der Waals surface area contributed by atoms with Gasteiger partial charge in [0.25, 0.3) is 0 Å².